The monoisotopic (exact) mass is 382 g/mol. The van der Waals surface area contributed by atoms with Crippen LogP contribution in [0.5, 0.6) is 11.5 Å². The molecule has 28 heavy (non-hydrogen) atoms. The van der Waals surface area contributed by atoms with Gasteiger partial charge in [0.1, 0.15) is 22.6 Å². The molecule has 0 saturated heterocycles. The Balaban J connectivity index is 1.70. The van der Waals surface area contributed by atoms with E-state index in [0.717, 1.165) is 16.0 Å². The fourth-order valence-electron chi connectivity index (χ4n) is 2.73. The Hall–Kier alpha value is -3.75. The summed E-state index contributed by atoms with van der Waals surface area (Å²) in [5.74, 6) is 1.40. The van der Waals surface area contributed by atoms with Crippen LogP contribution in [0.3, 0.4) is 0 Å². The highest BCUT2D eigenvalue weighted by Crippen LogP contribution is 2.26. The molecule has 0 aliphatic carbocycles. The lowest BCUT2D eigenvalue weighted by atomic mass is 10.1. The van der Waals surface area contributed by atoms with Gasteiger partial charge in [0, 0.05) is 4.70 Å². The molecule has 0 radical (unpaired) electrons. The predicted octanol–water partition coefficient (Wildman–Crippen LogP) is 5.51. The van der Waals surface area contributed by atoms with Crippen molar-refractivity contribution in [2.75, 3.05) is 0 Å². The normalized spacial score (nSPS) is 11.2. The molecule has 0 fully saturated rings. The van der Waals surface area contributed by atoms with E-state index in [1.165, 1.54) is 11.3 Å². The Bertz CT molecular complexity index is 1270. The van der Waals surface area contributed by atoms with E-state index in [4.69, 9.17) is 4.74 Å². The second-order valence-electron chi connectivity index (χ2n) is 5.98. The molecule has 0 N–H and O–H groups in total. The van der Waals surface area contributed by atoms with Crippen LogP contribution in [-0.2, 0) is 0 Å². The average molecular weight is 382 g/mol. The van der Waals surface area contributed by atoms with Gasteiger partial charge in [-0.15, -0.1) is 11.3 Å². The molecule has 3 aromatic carbocycles. The summed E-state index contributed by atoms with van der Waals surface area (Å²) in [4.78, 5) is 16.4. The molecule has 0 atom stereocenters. The first-order valence-corrected chi connectivity index (χ1v) is 9.39. The molecular weight excluding hydrogens is 368 g/mol. The molecule has 1 aromatic heterocycles. The van der Waals surface area contributed by atoms with Crippen LogP contribution in [0.15, 0.2) is 83.7 Å². The molecule has 0 bridgehead atoms. The number of nitrogens with zero attached hydrogens (tertiary/aromatic N) is 2. The minimum Gasteiger partial charge on any atom is -0.457 e. The molecule has 5 heteroatoms. The quantitative estimate of drug-likeness (QED) is 0.436. The number of benzene rings is 3. The third-order valence-corrected chi connectivity index (χ3v) is 5.11. The van der Waals surface area contributed by atoms with Crippen LogP contribution < -0.4 is 10.3 Å². The summed E-state index contributed by atoms with van der Waals surface area (Å²) < 4.78 is 6.65. The summed E-state index contributed by atoms with van der Waals surface area (Å²) in [6.45, 7) is 0. The Morgan fingerprint density at radius 3 is 2.54 bits per heavy atom. The van der Waals surface area contributed by atoms with Crippen molar-refractivity contribution in [3.05, 3.63) is 99.8 Å². The van der Waals surface area contributed by atoms with E-state index in [2.05, 4.69) is 11.1 Å². The summed E-state index contributed by atoms with van der Waals surface area (Å²) in [5.41, 5.74) is 0.802. The number of hydrogen-bond acceptors (Lipinski definition) is 5. The lowest BCUT2D eigenvalue weighted by Gasteiger charge is -2.06. The molecule has 0 saturated carbocycles. The lowest BCUT2D eigenvalue weighted by Crippen LogP contribution is -2.07. The van der Waals surface area contributed by atoms with Crippen molar-refractivity contribution in [2.24, 2.45) is 0 Å². The van der Waals surface area contributed by atoms with Crippen molar-refractivity contribution in [1.82, 2.24) is 4.98 Å². The Kier molecular flexibility index (Phi) is 4.96. The molecule has 4 aromatic rings. The average Bonchev–Trinajstić information content (AvgIpc) is 2.73. The van der Waals surface area contributed by atoms with Gasteiger partial charge in [0.05, 0.1) is 11.0 Å². The molecular formula is C23H14N2O2S. The largest absolute Gasteiger partial charge is 0.457 e. The molecule has 1 heterocycles. The highest BCUT2D eigenvalue weighted by Gasteiger charge is 2.09. The molecule has 0 spiro atoms. The van der Waals surface area contributed by atoms with Gasteiger partial charge in [-0.2, -0.15) is 10.2 Å². The minimum atomic E-state index is -0.327. The standard InChI is InChI=1S/C23H14N2O2S/c24-15-17(23-25-22(26)20-11-4-5-12-21(20)28-23)13-16-7-6-10-19(14-16)27-18-8-2-1-3-9-18/h1-14H/b17-13+. The van der Waals surface area contributed by atoms with Gasteiger partial charge in [0.2, 0.25) is 0 Å². The van der Waals surface area contributed by atoms with Gasteiger partial charge >= 0.3 is 0 Å². The number of hydrogen-bond donors (Lipinski definition) is 0. The van der Waals surface area contributed by atoms with E-state index in [9.17, 15) is 10.1 Å². The first-order chi connectivity index (χ1) is 13.7. The van der Waals surface area contributed by atoms with Crippen molar-refractivity contribution in [3.63, 3.8) is 0 Å². The molecule has 4 nitrogen and oxygen atoms in total. The van der Waals surface area contributed by atoms with Gasteiger partial charge in [-0.3, -0.25) is 4.79 Å². The Morgan fingerprint density at radius 2 is 1.71 bits per heavy atom. The topological polar surface area (TPSA) is 63.0 Å². The van der Waals surface area contributed by atoms with E-state index in [0.29, 0.717) is 21.7 Å². The van der Waals surface area contributed by atoms with E-state index >= 15 is 0 Å². The number of fused-ring (bicyclic) bond motifs is 1. The van der Waals surface area contributed by atoms with Crippen LogP contribution in [0.2, 0.25) is 0 Å². The zero-order chi connectivity index (χ0) is 19.3. The van der Waals surface area contributed by atoms with Crippen molar-refractivity contribution in [3.8, 4) is 17.6 Å². The molecule has 0 aliphatic rings. The smallest absolute Gasteiger partial charge is 0.279 e. The van der Waals surface area contributed by atoms with Gasteiger partial charge in [-0.05, 0) is 48.0 Å². The molecule has 0 amide bonds. The number of aromatic nitrogens is 1. The Labute approximate surface area is 165 Å². The van der Waals surface area contributed by atoms with Gasteiger partial charge in [-0.25, -0.2) is 0 Å². The first-order valence-electron chi connectivity index (χ1n) is 8.58. The fourth-order valence-corrected chi connectivity index (χ4v) is 3.69. The van der Waals surface area contributed by atoms with E-state index < -0.39 is 0 Å². The number of ether oxygens (including phenoxy) is 1. The zero-order valence-corrected chi connectivity index (χ0v) is 15.5. The van der Waals surface area contributed by atoms with Crippen molar-refractivity contribution < 1.29 is 4.74 Å². The van der Waals surface area contributed by atoms with Crippen molar-refractivity contribution in [2.45, 2.75) is 0 Å². The Morgan fingerprint density at radius 1 is 0.964 bits per heavy atom. The van der Waals surface area contributed by atoms with Crippen LogP contribution in [0.1, 0.15) is 10.6 Å². The maximum absolute atomic E-state index is 12.3. The zero-order valence-electron chi connectivity index (χ0n) is 14.7. The SMILES string of the molecule is N#C/C(=C\c1cccc(Oc2ccccc2)c1)c1nc(=O)c2ccccc2s1. The summed E-state index contributed by atoms with van der Waals surface area (Å²) in [7, 11) is 0. The van der Waals surface area contributed by atoms with Crippen molar-refractivity contribution in [1.29, 1.82) is 5.26 Å². The fraction of sp³-hybridized carbons (Fsp3) is 0. The summed E-state index contributed by atoms with van der Waals surface area (Å²) in [6.07, 6.45) is 1.71. The predicted molar refractivity (Wildman–Crippen MR) is 112 cm³/mol. The van der Waals surface area contributed by atoms with E-state index in [1.54, 1.807) is 18.2 Å². The summed E-state index contributed by atoms with van der Waals surface area (Å²) in [6, 6.07) is 26.3. The number of allylic oxidation sites excluding steroid dienone is 1. The van der Waals surface area contributed by atoms with Gasteiger partial charge in [0.25, 0.3) is 5.56 Å². The summed E-state index contributed by atoms with van der Waals surface area (Å²) >= 11 is 1.33. The maximum Gasteiger partial charge on any atom is 0.279 e. The molecule has 0 unspecified atom stereocenters. The first kappa shape index (κ1) is 17.7. The van der Waals surface area contributed by atoms with Crippen LogP contribution in [0, 0.1) is 11.3 Å². The van der Waals surface area contributed by atoms with Crippen LogP contribution in [0.4, 0.5) is 0 Å². The lowest BCUT2D eigenvalue weighted by molar-refractivity contribution is 0.482. The van der Waals surface area contributed by atoms with Gasteiger partial charge in [-0.1, -0.05) is 42.5 Å². The number of rotatable bonds is 4. The summed E-state index contributed by atoms with van der Waals surface area (Å²) in [5, 5.41) is 10.6. The molecule has 0 aliphatic heterocycles. The van der Waals surface area contributed by atoms with Crippen LogP contribution >= 0.6 is 11.3 Å². The minimum absolute atomic E-state index is 0.327. The second-order valence-corrected chi connectivity index (χ2v) is 7.01. The van der Waals surface area contributed by atoms with Gasteiger partial charge < -0.3 is 4.74 Å². The third kappa shape index (κ3) is 3.83. The number of nitriles is 1. The van der Waals surface area contributed by atoms with Crippen molar-refractivity contribution >= 4 is 33.1 Å². The highest BCUT2D eigenvalue weighted by molar-refractivity contribution is 7.19. The number of para-hydroxylation sites is 1. The van der Waals surface area contributed by atoms with Crippen LogP contribution in [0.25, 0.3) is 21.7 Å². The highest BCUT2D eigenvalue weighted by atomic mass is 32.1. The third-order valence-electron chi connectivity index (χ3n) is 4.03. The molecule has 134 valence electrons. The van der Waals surface area contributed by atoms with Crippen LogP contribution in [-0.4, -0.2) is 4.98 Å². The van der Waals surface area contributed by atoms with E-state index in [1.807, 2.05) is 66.7 Å². The maximum atomic E-state index is 12.3. The van der Waals surface area contributed by atoms with Gasteiger partial charge in [0.15, 0.2) is 0 Å². The molecule has 4 rings (SSSR count). The second kappa shape index (κ2) is 7.87. The van der Waals surface area contributed by atoms with E-state index in [-0.39, 0.29) is 5.56 Å².